The number of rotatable bonds is 5. The lowest BCUT2D eigenvalue weighted by atomic mass is 10.1. The van der Waals surface area contributed by atoms with Gasteiger partial charge in [-0.25, -0.2) is 4.98 Å². The Morgan fingerprint density at radius 1 is 1.16 bits per heavy atom. The molecule has 8 heteroatoms. The maximum Gasteiger partial charge on any atom is 0.312 e. The Balaban J connectivity index is 1.59. The third-order valence-corrected chi connectivity index (χ3v) is 4.52. The summed E-state index contributed by atoms with van der Waals surface area (Å²) < 4.78 is 6.36. The Morgan fingerprint density at radius 3 is 2.76 bits per heavy atom. The quantitative estimate of drug-likeness (QED) is 0.589. The zero-order chi connectivity index (χ0) is 17.2. The smallest absolute Gasteiger partial charge is 0.312 e. The fraction of sp³-hybridized carbons (Fsp3) is 0.118. The van der Waals surface area contributed by atoms with Gasteiger partial charge < -0.3 is 9.52 Å². The molecule has 0 aliphatic rings. The number of thiazole rings is 1. The number of benzene rings is 1. The highest BCUT2D eigenvalue weighted by atomic mass is 32.1. The number of nitrogens with zero attached hydrogens (tertiary/aromatic N) is 4. The highest BCUT2D eigenvalue weighted by Gasteiger charge is 2.13. The van der Waals surface area contributed by atoms with Crippen LogP contribution in [0.15, 0.2) is 47.0 Å². The summed E-state index contributed by atoms with van der Waals surface area (Å²) in [6.45, 7) is 0. The van der Waals surface area contributed by atoms with Crippen molar-refractivity contribution in [2.24, 2.45) is 0 Å². The van der Waals surface area contributed by atoms with Crippen molar-refractivity contribution in [2.75, 3.05) is 0 Å². The van der Waals surface area contributed by atoms with Crippen LogP contribution in [0, 0.1) is 0 Å². The van der Waals surface area contributed by atoms with E-state index in [-0.39, 0.29) is 12.3 Å². The second kappa shape index (κ2) is 6.40. The topological polar surface area (TPSA) is 102 Å². The van der Waals surface area contributed by atoms with Gasteiger partial charge in [-0.2, -0.15) is 0 Å². The molecular formula is C17H12N4O3S. The van der Waals surface area contributed by atoms with E-state index in [1.807, 2.05) is 36.4 Å². The number of pyridine rings is 1. The summed E-state index contributed by atoms with van der Waals surface area (Å²) in [5, 5.41) is 17.1. The van der Waals surface area contributed by atoms with E-state index in [0.29, 0.717) is 12.3 Å². The van der Waals surface area contributed by atoms with Crippen molar-refractivity contribution in [3.63, 3.8) is 0 Å². The number of carboxylic acid groups (broad SMARTS) is 1. The molecule has 0 saturated heterocycles. The lowest BCUT2D eigenvalue weighted by Crippen LogP contribution is -1.99. The predicted octanol–water partition coefficient (Wildman–Crippen LogP) is 2.96. The van der Waals surface area contributed by atoms with Crippen molar-refractivity contribution in [1.29, 1.82) is 0 Å². The standard InChI is InChI=1S/C17H12N4O3S/c22-17(23)8-15-21-20-14(24-15)7-16-19-12-9-18-11(6-13(12)25-16)10-4-2-1-3-5-10/h1-6,9H,7-8H2,(H,22,23). The van der Waals surface area contributed by atoms with Gasteiger partial charge in [0.05, 0.1) is 28.5 Å². The van der Waals surface area contributed by atoms with Gasteiger partial charge in [0.1, 0.15) is 11.4 Å². The van der Waals surface area contributed by atoms with E-state index in [1.165, 1.54) is 11.3 Å². The molecule has 7 nitrogen and oxygen atoms in total. The molecule has 0 radical (unpaired) electrons. The molecule has 25 heavy (non-hydrogen) atoms. The van der Waals surface area contributed by atoms with E-state index >= 15 is 0 Å². The summed E-state index contributed by atoms with van der Waals surface area (Å²) in [5.41, 5.74) is 2.75. The minimum absolute atomic E-state index is 0.0941. The molecule has 0 spiro atoms. The Bertz CT molecular complexity index is 1040. The number of hydrogen-bond acceptors (Lipinski definition) is 7. The van der Waals surface area contributed by atoms with E-state index in [0.717, 1.165) is 26.5 Å². The molecule has 3 heterocycles. The molecule has 0 saturated carbocycles. The van der Waals surface area contributed by atoms with Crippen molar-refractivity contribution < 1.29 is 14.3 Å². The van der Waals surface area contributed by atoms with Crippen LogP contribution < -0.4 is 0 Å². The van der Waals surface area contributed by atoms with Crippen LogP contribution in [-0.4, -0.2) is 31.2 Å². The minimum Gasteiger partial charge on any atom is -0.481 e. The Kier molecular flexibility index (Phi) is 3.95. The van der Waals surface area contributed by atoms with Gasteiger partial charge in [-0.3, -0.25) is 9.78 Å². The normalized spacial score (nSPS) is 11.0. The molecule has 4 aromatic rings. The van der Waals surface area contributed by atoms with Gasteiger partial charge in [0, 0.05) is 5.56 Å². The highest BCUT2D eigenvalue weighted by molar-refractivity contribution is 7.18. The Morgan fingerprint density at radius 2 is 1.96 bits per heavy atom. The van der Waals surface area contributed by atoms with Gasteiger partial charge in [0.15, 0.2) is 0 Å². The van der Waals surface area contributed by atoms with Crippen molar-refractivity contribution in [1.82, 2.24) is 20.2 Å². The van der Waals surface area contributed by atoms with Crippen molar-refractivity contribution in [3.05, 3.63) is 59.4 Å². The minimum atomic E-state index is -1.00. The van der Waals surface area contributed by atoms with Crippen molar-refractivity contribution in [3.8, 4) is 11.3 Å². The summed E-state index contributed by atoms with van der Waals surface area (Å²) in [7, 11) is 0. The highest BCUT2D eigenvalue weighted by Crippen LogP contribution is 2.27. The number of carbonyl (C=O) groups is 1. The van der Waals surface area contributed by atoms with Crippen LogP contribution in [0.1, 0.15) is 16.8 Å². The van der Waals surface area contributed by atoms with Crippen molar-refractivity contribution >= 4 is 27.5 Å². The molecule has 0 fully saturated rings. The first kappa shape index (κ1) is 15.4. The summed E-state index contributed by atoms with van der Waals surface area (Å²) in [6, 6.07) is 12.0. The number of carboxylic acids is 1. The fourth-order valence-electron chi connectivity index (χ4n) is 2.41. The van der Waals surface area contributed by atoms with Crippen LogP contribution >= 0.6 is 11.3 Å². The number of aliphatic carboxylic acids is 1. The molecule has 0 aliphatic heterocycles. The molecule has 0 unspecified atom stereocenters. The molecule has 0 amide bonds. The molecule has 0 bridgehead atoms. The van der Waals surface area contributed by atoms with Gasteiger partial charge in [-0.1, -0.05) is 30.3 Å². The first-order valence-electron chi connectivity index (χ1n) is 7.51. The molecule has 4 rings (SSSR count). The van der Waals surface area contributed by atoms with E-state index in [1.54, 1.807) is 6.20 Å². The van der Waals surface area contributed by atoms with Gasteiger partial charge in [0.25, 0.3) is 0 Å². The van der Waals surface area contributed by atoms with E-state index in [4.69, 9.17) is 9.52 Å². The lowest BCUT2D eigenvalue weighted by molar-refractivity contribution is -0.136. The van der Waals surface area contributed by atoms with E-state index in [2.05, 4.69) is 20.2 Å². The van der Waals surface area contributed by atoms with Crippen LogP contribution in [0.4, 0.5) is 0 Å². The van der Waals surface area contributed by atoms with E-state index < -0.39 is 5.97 Å². The van der Waals surface area contributed by atoms with Crippen molar-refractivity contribution in [2.45, 2.75) is 12.8 Å². The monoisotopic (exact) mass is 352 g/mol. The largest absolute Gasteiger partial charge is 0.481 e. The third kappa shape index (κ3) is 3.38. The second-order valence-corrected chi connectivity index (χ2v) is 6.46. The molecule has 1 aromatic carbocycles. The van der Waals surface area contributed by atoms with E-state index in [9.17, 15) is 4.79 Å². The number of hydrogen-bond donors (Lipinski definition) is 1. The Hall–Kier alpha value is -3.13. The van der Waals surface area contributed by atoms with Gasteiger partial charge in [-0.05, 0) is 6.07 Å². The SMILES string of the molecule is O=C(O)Cc1nnc(Cc2nc3cnc(-c4ccccc4)cc3s2)o1. The summed E-state index contributed by atoms with van der Waals surface area (Å²) in [5.74, 6) is -0.558. The summed E-state index contributed by atoms with van der Waals surface area (Å²) in [4.78, 5) is 19.6. The fourth-order valence-corrected chi connectivity index (χ4v) is 3.38. The number of aromatic nitrogens is 4. The lowest BCUT2D eigenvalue weighted by Gasteiger charge is -1.99. The molecule has 124 valence electrons. The van der Waals surface area contributed by atoms with Crippen LogP contribution in [0.3, 0.4) is 0 Å². The average molecular weight is 352 g/mol. The van der Waals surface area contributed by atoms with Gasteiger partial charge in [-0.15, -0.1) is 21.5 Å². The molecule has 0 atom stereocenters. The predicted molar refractivity (Wildman–Crippen MR) is 91.3 cm³/mol. The Labute approximate surface area is 146 Å². The zero-order valence-electron chi connectivity index (χ0n) is 12.9. The van der Waals surface area contributed by atoms with Crippen LogP contribution in [-0.2, 0) is 17.6 Å². The first-order valence-corrected chi connectivity index (χ1v) is 8.33. The summed E-state index contributed by atoms with van der Waals surface area (Å²) >= 11 is 1.53. The van der Waals surface area contributed by atoms with Crippen LogP contribution in [0.25, 0.3) is 21.5 Å². The molecule has 0 aliphatic carbocycles. The van der Waals surface area contributed by atoms with Gasteiger partial charge in [0.2, 0.25) is 11.8 Å². The first-order chi connectivity index (χ1) is 12.2. The zero-order valence-corrected chi connectivity index (χ0v) is 13.7. The third-order valence-electron chi connectivity index (χ3n) is 3.50. The van der Waals surface area contributed by atoms with Crippen LogP contribution in [0.5, 0.6) is 0 Å². The molecular weight excluding hydrogens is 340 g/mol. The van der Waals surface area contributed by atoms with Gasteiger partial charge >= 0.3 is 5.97 Å². The number of fused-ring (bicyclic) bond motifs is 1. The average Bonchev–Trinajstić information content (AvgIpc) is 3.20. The molecule has 1 N–H and O–H groups in total. The van der Waals surface area contributed by atoms with Crippen LogP contribution in [0.2, 0.25) is 0 Å². The summed E-state index contributed by atoms with van der Waals surface area (Å²) in [6.07, 6.45) is 1.84. The maximum absolute atomic E-state index is 10.7. The second-order valence-electron chi connectivity index (χ2n) is 5.35. The molecule has 3 aromatic heterocycles. The maximum atomic E-state index is 10.7.